The van der Waals surface area contributed by atoms with Gasteiger partial charge in [-0.2, -0.15) is 0 Å². The molecule has 2 aromatic rings. The molecular weight excluding hydrogens is 246 g/mol. The molecular formula is C13H13N3OS. The summed E-state index contributed by atoms with van der Waals surface area (Å²) in [6.45, 7) is 0. The highest BCUT2D eigenvalue weighted by molar-refractivity contribution is 7.80. The third-order valence-electron chi connectivity index (χ3n) is 3.17. The number of thiocarbonyl (C=S) groups is 1. The largest absolute Gasteiger partial charge is 0.467 e. The summed E-state index contributed by atoms with van der Waals surface area (Å²) in [5.41, 5.74) is 0.964. The maximum Gasteiger partial charge on any atom is 0.170 e. The summed E-state index contributed by atoms with van der Waals surface area (Å²) in [4.78, 5) is 6.41. The molecule has 1 fully saturated rings. The molecule has 2 atom stereocenters. The van der Waals surface area contributed by atoms with Crippen LogP contribution >= 0.6 is 12.2 Å². The molecule has 0 aliphatic carbocycles. The molecule has 0 spiro atoms. The molecule has 3 heterocycles. The van der Waals surface area contributed by atoms with Crippen LogP contribution in [0.2, 0.25) is 0 Å². The molecule has 92 valence electrons. The van der Waals surface area contributed by atoms with Gasteiger partial charge >= 0.3 is 0 Å². The lowest BCUT2D eigenvalue weighted by Crippen LogP contribution is -2.24. The van der Waals surface area contributed by atoms with Crippen LogP contribution in [0.5, 0.6) is 0 Å². The number of rotatable bonds is 2. The maximum absolute atomic E-state index is 5.52. The van der Waals surface area contributed by atoms with E-state index in [0.717, 1.165) is 11.5 Å². The third kappa shape index (κ3) is 1.76. The Balaban J connectivity index is 2.00. The highest BCUT2D eigenvalue weighted by Gasteiger charge is 2.39. The van der Waals surface area contributed by atoms with Crippen molar-refractivity contribution in [1.82, 2.24) is 15.2 Å². The molecule has 3 rings (SSSR count). The van der Waals surface area contributed by atoms with Gasteiger partial charge < -0.3 is 14.6 Å². The van der Waals surface area contributed by atoms with Gasteiger partial charge in [-0.25, -0.2) is 0 Å². The Kier molecular flexibility index (Phi) is 2.76. The summed E-state index contributed by atoms with van der Waals surface area (Å²) in [5.74, 6) is 0.889. The molecule has 18 heavy (non-hydrogen) atoms. The van der Waals surface area contributed by atoms with Crippen LogP contribution in [0.3, 0.4) is 0 Å². The van der Waals surface area contributed by atoms with E-state index in [0.29, 0.717) is 5.11 Å². The third-order valence-corrected chi connectivity index (χ3v) is 3.58. The number of aromatic nitrogens is 1. The number of nitrogens with one attached hydrogen (secondary N) is 1. The van der Waals surface area contributed by atoms with Crippen molar-refractivity contribution in [1.29, 1.82) is 0 Å². The van der Waals surface area contributed by atoms with E-state index in [-0.39, 0.29) is 12.1 Å². The quantitative estimate of drug-likeness (QED) is 0.838. The first-order valence-corrected chi connectivity index (χ1v) is 6.16. The Morgan fingerprint density at radius 1 is 1.33 bits per heavy atom. The van der Waals surface area contributed by atoms with Crippen LogP contribution in [0.4, 0.5) is 0 Å². The fourth-order valence-electron chi connectivity index (χ4n) is 2.27. The summed E-state index contributed by atoms with van der Waals surface area (Å²) in [6.07, 6.45) is 3.47. The first kappa shape index (κ1) is 11.2. The zero-order valence-corrected chi connectivity index (χ0v) is 10.7. The van der Waals surface area contributed by atoms with Crippen molar-refractivity contribution in [3.05, 3.63) is 54.2 Å². The molecule has 0 saturated carbocycles. The number of pyridine rings is 1. The van der Waals surface area contributed by atoms with Gasteiger partial charge in [-0.3, -0.25) is 4.98 Å². The predicted molar refractivity (Wildman–Crippen MR) is 71.9 cm³/mol. The van der Waals surface area contributed by atoms with Gasteiger partial charge in [-0.1, -0.05) is 6.07 Å². The van der Waals surface area contributed by atoms with E-state index < -0.39 is 0 Å². The second-order valence-electron chi connectivity index (χ2n) is 4.25. The van der Waals surface area contributed by atoms with Gasteiger partial charge in [0.15, 0.2) is 5.11 Å². The Morgan fingerprint density at radius 2 is 2.22 bits per heavy atom. The van der Waals surface area contributed by atoms with Crippen LogP contribution in [0, 0.1) is 0 Å². The second-order valence-corrected chi connectivity index (χ2v) is 4.64. The van der Waals surface area contributed by atoms with Crippen LogP contribution in [0.25, 0.3) is 0 Å². The Labute approximate surface area is 111 Å². The minimum atomic E-state index is 0.0230. The fraction of sp³-hybridized carbons (Fsp3) is 0.231. The molecule has 0 bridgehead atoms. The Morgan fingerprint density at radius 3 is 2.89 bits per heavy atom. The summed E-state index contributed by atoms with van der Waals surface area (Å²) in [7, 11) is 1.96. The number of hydrogen-bond acceptors (Lipinski definition) is 3. The van der Waals surface area contributed by atoms with E-state index in [9.17, 15) is 0 Å². The van der Waals surface area contributed by atoms with E-state index in [1.807, 2.05) is 42.3 Å². The summed E-state index contributed by atoms with van der Waals surface area (Å²) >= 11 is 5.32. The normalized spacial score (nSPS) is 23.2. The Hall–Kier alpha value is -1.88. The number of likely N-dealkylation sites (N-methyl/N-ethyl adjacent to an activating group) is 1. The number of furan rings is 1. The first-order valence-electron chi connectivity index (χ1n) is 5.75. The number of nitrogens with zero attached hydrogens (tertiary/aromatic N) is 2. The lowest BCUT2D eigenvalue weighted by atomic mass is 10.0. The Bertz CT molecular complexity index is 541. The van der Waals surface area contributed by atoms with E-state index in [2.05, 4.69) is 10.3 Å². The van der Waals surface area contributed by atoms with Crippen LogP contribution in [0.15, 0.2) is 47.2 Å². The molecule has 0 amide bonds. The molecule has 5 heteroatoms. The van der Waals surface area contributed by atoms with Crippen LogP contribution in [-0.2, 0) is 0 Å². The SMILES string of the molecule is CN1C(=S)N[C@@H](c2ccccn2)[C@H]1c1ccco1. The van der Waals surface area contributed by atoms with E-state index >= 15 is 0 Å². The summed E-state index contributed by atoms with van der Waals surface area (Å²) in [5, 5.41) is 4.01. The fourth-order valence-corrected chi connectivity index (χ4v) is 2.51. The van der Waals surface area contributed by atoms with Gasteiger partial charge in [-0.15, -0.1) is 0 Å². The average Bonchev–Trinajstić information content (AvgIpc) is 3.00. The molecule has 2 aromatic heterocycles. The first-order chi connectivity index (χ1) is 8.77. The van der Waals surface area contributed by atoms with Gasteiger partial charge in [0.25, 0.3) is 0 Å². The molecule has 0 radical (unpaired) electrons. The minimum Gasteiger partial charge on any atom is -0.467 e. The highest BCUT2D eigenvalue weighted by atomic mass is 32.1. The molecule has 1 aliphatic heterocycles. The van der Waals surface area contributed by atoms with E-state index in [1.54, 1.807) is 12.5 Å². The maximum atomic E-state index is 5.52. The van der Waals surface area contributed by atoms with Crippen LogP contribution < -0.4 is 5.32 Å². The molecule has 1 aliphatic rings. The highest BCUT2D eigenvalue weighted by Crippen LogP contribution is 2.37. The van der Waals surface area contributed by atoms with Crippen molar-refractivity contribution in [3.63, 3.8) is 0 Å². The second kappa shape index (κ2) is 4.42. The van der Waals surface area contributed by atoms with Crippen molar-refractivity contribution < 1.29 is 4.42 Å². The summed E-state index contributed by atoms with van der Waals surface area (Å²) in [6, 6.07) is 9.80. The van der Waals surface area contributed by atoms with Gasteiger partial charge in [0.2, 0.25) is 0 Å². The van der Waals surface area contributed by atoms with Crippen molar-refractivity contribution in [2.24, 2.45) is 0 Å². The van der Waals surface area contributed by atoms with E-state index in [1.165, 1.54) is 0 Å². The molecule has 4 nitrogen and oxygen atoms in total. The van der Waals surface area contributed by atoms with Gasteiger partial charge in [-0.05, 0) is 36.5 Å². The van der Waals surface area contributed by atoms with Crippen molar-refractivity contribution >= 4 is 17.3 Å². The summed E-state index contributed by atoms with van der Waals surface area (Å²) < 4.78 is 5.52. The molecule has 1 saturated heterocycles. The smallest absolute Gasteiger partial charge is 0.170 e. The molecule has 1 N–H and O–H groups in total. The van der Waals surface area contributed by atoms with Gasteiger partial charge in [0.05, 0.1) is 18.0 Å². The zero-order chi connectivity index (χ0) is 12.5. The van der Waals surface area contributed by atoms with Crippen molar-refractivity contribution in [3.8, 4) is 0 Å². The molecule has 0 unspecified atom stereocenters. The van der Waals surface area contributed by atoms with E-state index in [4.69, 9.17) is 16.6 Å². The minimum absolute atomic E-state index is 0.0230. The monoisotopic (exact) mass is 259 g/mol. The topological polar surface area (TPSA) is 41.3 Å². The standard InChI is InChI=1S/C13H13N3OS/c1-16-12(10-6-4-8-17-10)11(15-13(16)18)9-5-2-3-7-14-9/h2-8,11-12H,1H3,(H,15,18)/t11-,12+/m0/s1. The van der Waals surface area contributed by atoms with Gasteiger partial charge in [0, 0.05) is 13.2 Å². The van der Waals surface area contributed by atoms with Crippen LogP contribution in [-0.4, -0.2) is 22.0 Å². The lowest BCUT2D eigenvalue weighted by Gasteiger charge is -2.21. The predicted octanol–water partition coefficient (Wildman–Crippen LogP) is 2.28. The lowest BCUT2D eigenvalue weighted by molar-refractivity contribution is 0.308. The van der Waals surface area contributed by atoms with Crippen molar-refractivity contribution in [2.45, 2.75) is 12.1 Å². The average molecular weight is 259 g/mol. The number of hydrogen-bond donors (Lipinski definition) is 1. The van der Waals surface area contributed by atoms with Crippen molar-refractivity contribution in [2.75, 3.05) is 7.05 Å². The van der Waals surface area contributed by atoms with Crippen LogP contribution in [0.1, 0.15) is 23.5 Å². The molecule has 0 aromatic carbocycles. The van der Waals surface area contributed by atoms with Gasteiger partial charge in [0.1, 0.15) is 11.8 Å². The zero-order valence-electron chi connectivity index (χ0n) is 9.91.